The molecule has 0 unspecified atom stereocenters. The van der Waals surface area contributed by atoms with Crippen LogP contribution in [0.1, 0.15) is 18.4 Å². The Morgan fingerprint density at radius 1 is 1.44 bits per heavy atom. The molecule has 1 aliphatic heterocycles. The molecule has 2 N–H and O–H groups in total. The molecule has 1 aromatic heterocycles. The van der Waals surface area contributed by atoms with Crippen molar-refractivity contribution < 1.29 is 0 Å². The molecule has 0 aliphatic carbocycles. The highest BCUT2D eigenvalue weighted by atomic mass is 35.5. The summed E-state index contributed by atoms with van der Waals surface area (Å²) in [4.78, 5) is 9.01. The topological polar surface area (TPSA) is 45.4 Å². The highest BCUT2D eigenvalue weighted by molar-refractivity contribution is 6.33. The van der Waals surface area contributed by atoms with E-state index in [2.05, 4.69) is 28.9 Å². The number of rotatable bonds is 3. The van der Waals surface area contributed by atoms with Crippen molar-refractivity contribution in [2.75, 3.05) is 32.1 Å². The first-order chi connectivity index (χ1) is 8.61. The van der Waals surface area contributed by atoms with E-state index in [0.29, 0.717) is 17.6 Å². The molecule has 5 heteroatoms. The van der Waals surface area contributed by atoms with Gasteiger partial charge in [-0.25, -0.2) is 4.98 Å². The van der Waals surface area contributed by atoms with Crippen LogP contribution in [0.5, 0.6) is 0 Å². The lowest BCUT2D eigenvalue weighted by Crippen LogP contribution is -2.42. The predicted octanol–water partition coefficient (Wildman–Crippen LogP) is 1.72. The van der Waals surface area contributed by atoms with Gasteiger partial charge >= 0.3 is 0 Å². The van der Waals surface area contributed by atoms with Crippen molar-refractivity contribution in [3.05, 3.63) is 22.8 Å². The lowest BCUT2D eigenvalue weighted by Gasteiger charge is -2.36. The molecular weight excluding hydrogens is 248 g/mol. The van der Waals surface area contributed by atoms with Gasteiger partial charge in [-0.2, -0.15) is 0 Å². The zero-order chi connectivity index (χ0) is 13.1. The quantitative estimate of drug-likeness (QED) is 0.907. The van der Waals surface area contributed by atoms with E-state index in [-0.39, 0.29) is 0 Å². The zero-order valence-electron chi connectivity index (χ0n) is 11.1. The van der Waals surface area contributed by atoms with Gasteiger partial charge in [-0.1, -0.05) is 11.6 Å². The average molecular weight is 269 g/mol. The minimum absolute atomic E-state index is 0.482. The van der Waals surface area contributed by atoms with E-state index >= 15 is 0 Å². The van der Waals surface area contributed by atoms with Crippen LogP contribution in [0, 0.1) is 0 Å². The maximum absolute atomic E-state index is 6.27. The van der Waals surface area contributed by atoms with E-state index in [1.54, 1.807) is 0 Å². The van der Waals surface area contributed by atoms with Crippen LogP contribution >= 0.6 is 11.6 Å². The smallest absolute Gasteiger partial charge is 0.147 e. The van der Waals surface area contributed by atoms with Gasteiger partial charge < -0.3 is 15.5 Å². The summed E-state index contributed by atoms with van der Waals surface area (Å²) in [7, 11) is 4.28. The Morgan fingerprint density at radius 2 is 2.11 bits per heavy atom. The Balaban J connectivity index is 2.05. The van der Waals surface area contributed by atoms with Crippen molar-refractivity contribution in [1.29, 1.82) is 0 Å². The van der Waals surface area contributed by atoms with E-state index in [4.69, 9.17) is 17.3 Å². The molecule has 0 aromatic carbocycles. The Morgan fingerprint density at radius 3 is 2.61 bits per heavy atom. The van der Waals surface area contributed by atoms with Crippen molar-refractivity contribution in [2.45, 2.75) is 25.4 Å². The molecule has 1 aromatic rings. The van der Waals surface area contributed by atoms with Gasteiger partial charge in [0.1, 0.15) is 5.82 Å². The minimum atomic E-state index is 0.482. The number of nitrogens with zero attached hydrogens (tertiary/aromatic N) is 3. The van der Waals surface area contributed by atoms with Gasteiger partial charge in [0, 0.05) is 31.9 Å². The Kier molecular flexibility index (Phi) is 4.43. The molecular formula is C13H21ClN4. The van der Waals surface area contributed by atoms with Crippen LogP contribution in [0.15, 0.2) is 12.3 Å². The molecule has 1 fully saturated rings. The first kappa shape index (κ1) is 13.6. The summed E-state index contributed by atoms with van der Waals surface area (Å²) in [6.07, 6.45) is 4.13. The Labute approximate surface area is 114 Å². The summed E-state index contributed by atoms with van der Waals surface area (Å²) in [6.45, 7) is 2.50. The second-order valence-corrected chi connectivity index (χ2v) is 5.44. The van der Waals surface area contributed by atoms with E-state index < -0.39 is 0 Å². The fourth-order valence-corrected chi connectivity index (χ4v) is 2.72. The molecule has 0 bridgehead atoms. The molecule has 0 amide bonds. The Hall–Kier alpha value is -0.840. The second kappa shape index (κ2) is 5.87. The third-order valence-corrected chi connectivity index (χ3v) is 3.89. The van der Waals surface area contributed by atoms with Gasteiger partial charge in [0.25, 0.3) is 0 Å². The molecule has 18 heavy (non-hydrogen) atoms. The molecule has 0 spiro atoms. The maximum Gasteiger partial charge on any atom is 0.147 e. The zero-order valence-corrected chi connectivity index (χ0v) is 11.8. The number of halogens is 1. The van der Waals surface area contributed by atoms with Gasteiger partial charge in [0.05, 0.1) is 5.02 Å². The van der Waals surface area contributed by atoms with Crippen LogP contribution in [0.2, 0.25) is 5.02 Å². The summed E-state index contributed by atoms with van der Waals surface area (Å²) >= 11 is 6.27. The highest BCUT2D eigenvalue weighted by Crippen LogP contribution is 2.27. The first-order valence-electron chi connectivity index (χ1n) is 6.37. The molecule has 1 saturated heterocycles. The molecule has 2 rings (SSSR count). The summed E-state index contributed by atoms with van der Waals surface area (Å²) in [6, 6.07) is 2.59. The second-order valence-electron chi connectivity index (χ2n) is 5.03. The van der Waals surface area contributed by atoms with Gasteiger partial charge in [-0.3, -0.25) is 0 Å². The lowest BCUT2D eigenvalue weighted by molar-refractivity contribution is 0.249. The van der Waals surface area contributed by atoms with Crippen LogP contribution in [0.3, 0.4) is 0 Å². The van der Waals surface area contributed by atoms with E-state index in [1.807, 2.05) is 12.3 Å². The van der Waals surface area contributed by atoms with Crippen molar-refractivity contribution >= 4 is 17.4 Å². The first-order valence-corrected chi connectivity index (χ1v) is 6.75. The van der Waals surface area contributed by atoms with Crippen LogP contribution in [0.25, 0.3) is 0 Å². The minimum Gasteiger partial charge on any atom is -0.355 e. The lowest BCUT2D eigenvalue weighted by atomic mass is 10.0. The summed E-state index contributed by atoms with van der Waals surface area (Å²) in [5.41, 5.74) is 6.56. The highest BCUT2D eigenvalue weighted by Gasteiger charge is 2.22. The van der Waals surface area contributed by atoms with Gasteiger partial charge in [0.2, 0.25) is 0 Å². The molecule has 0 saturated carbocycles. The fourth-order valence-electron chi connectivity index (χ4n) is 2.41. The third kappa shape index (κ3) is 2.94. The molecule has 1 aliphatic rings. The summed E-state index contributed by atoms with van der Waals surface area (Å²) in [5, 5.41) is 0.709. The molecule has 0 atom stereocenters. The largest absolute Gasteiger partial charge is 0.355 e. The standard InChI is InChI=1S/C13H21ClN4/c1-17(2)11-3-5-18(6-4-11)13-12(14)7-10(8-15)9-16-13/h7,9,11H,3-6,8,15H2,1-2H3. The van der Waals surface area contributed by atoms with Crippen molar-refractivity contribution in [3.8, 4) is 0 Å². The fraction of sp³-hybridized carbons (Fsp3) is 0.615. The van der Waals surface area contributed by atoms with Crippen LogP contribution in [-0.2, 0) is 6.54 Å². The van der Waals surface area contributed by atoms with E-state index in [0.717, 1.165) is 37.3 Å². The number of anilines is 1. The number of hydrogen-bond acceptors (Lipinski definition) is 4. The third-order valence-electron chi connectivity index (χ3n) is 3.61. The normalized spacial score (nSPS) is 17.5. The van der Waals surface area contributed by atoms with Gasteiger partial charge in [-0.05, 0) is 38.6 Å². The van der Waals surface area contributed by atoms with Crippen molar-refractivity contribution in [3.63, 3.8) is 0 Å². The SMILES string of the molecule is CN(C)C1CCN(c2ncc(CN)cc2Cl)CC1. The molecule has 0 radical (unpaired) electrons. The number of nitrogens with two attached hydrogens (primary N) is 1. The summed E-state index contributed by atoms with van der Waals surface area (Å²) in [5.74, 6) is 0.895. The van der Waals surface area contributed by atoms with Crippen molar-refractivity contribution in [1.82, 2.24) is 9.88 Å². The van der Waals surface area contributed by atoms with Crippen LogP contribution in [0.4, 0.5) is 5.82 Å². The summed E-state index contributed by atoms with van der Waals surface area (Å²) < 4.78 is 0. The number of pyridine rings is 1. The van der Waals surface area contributed by atoms with Crippen LogP contribution in [-0.4, -0.2) is 43.1 Å². The van der Waals surface area contributed by atoms with E-state index in [1.165, 1.54) is 0 Å². The average Bonchev–Trinajstić information content (AvgIpc) is 2.38. The number of piperidine rings is 1. The van der Waals surface area contributed by atoms with Crippen molar-refractivity contribution in [2.24, 2.45) is 5.73 Å². The van der Waals surface area contributed by atoms with Gasteiger partial charge in [0.15, 0.2) is 0 Å². The maximum atomic E-state index is 6.27. The number of aromatic nitrogens is 1. The monoisotopic (exact) mass is 268 g/mol. The molecule has 100 valence electrons. The van der Waals surface area contributed by atoms with E-state index in [9.17, 15) is 0 Å². The van der Waals surface area contributed by atoms with Crippen LogP contribution < -0.4 is 10.6 Å². The predicted molar refractivity (Wildman–Crippen MR) is 76.1 cm³/mol. The number of hydrogen-bond donors (Lipinski definition) is 1. The molecule has 2 heterocycles. The van der Waals surface area contributed by atoms with Gasteiger partial charge in [-0.15, -0.1) is 0 Å². The Bertz CT molecular complexity index is 400. The molecule has 4 nitrogen and oxygen atoms in total.